The summed E-state index contributed by atoms with van der Waals surface area (Å²) in [5, 5.41) is 0.970. The Kier molecular flexibility index (Phi) is 8.10. The molecule has 1 atom stereocenters. The molecule has 206 valence electrons. The number of ether oxygens (including phenoxy) is 2. The Hall–Kier alpha value is -3.11. The molecular weight excluding hydrogens is 639 g/mol. The van der Waals surface area contributed by atoms with Crippen LogP contribution in [0.25, 0.3) is 17.4 Å². The minimum Gasteiger partial charge on any atom is -0.496 e. The number of thiazole rings is 1. The normalized spacial score (nSPS) is 15.3. The minimum absolute atomic E-state index is 0.265. The number of carbonyl (C=O) groups is 1. The van der Waals surface area contributed by atoms with Gasteiger partial charge in [-0.15, -0.1) is 0 Å². The Morgan fingerprint density at radius 2 is 1.95 bits per heavy atom. The van der Waals surface area contributed by atoms with E-state index < -0.39 is 12.0 Å². The van der Waals surface area contributed by atoms with E-state index in [9.17, 15) is 9.59 Å². The van der Waals surface area contributed by atoms with Crippen LogP contribution in [0.15, 0.2) is 78.5 Å². The summed E-state index contributed by atoms with van der Waals surface area (Å²) >= 11 is 17.1. The summed E-state index contributed by atoms with van der Waals surface area (Å²) in [4.78, 5) is 32.3. The second-order valence-electron chi connectivity index (χ2n) is 9.25. The van der Waals surface area contributed by atoms with E-state index in [1.165, 1.54) is 15.9 Å². The molecule has 7 nitrogen and oxygen atoms in total. The molecule has 0 amide bonds. The largest absolute Gasteiger partial charge is 0.496 e. The summed E-state index contributed by atoms with van der Waals surface area (Å²) in [5.74, 6) is 0.959. The van der Waals surface area contributed by atoms with E-state index in [1.54, 1.807) is 70.4 Å². The number of furan rings is 1. The minimum atomic E-state index is -0.822. The van der Waals surface area contributed by atoms with Gasteiger partial charge in [0.1, 0.15) is 23.3 Å². The number of benzene rings is 2. The second-order valence-corrected chi connectivity index (χ2v) is 12.0. The predicted octanol–water partition coefficient (Wildman–Crippen LogP) is 6.52. The Balaban J connectivity index is 1.68. The molecule has 40 heavy (non-hydrogen) atoms. The number of aromatic nitrogens is 1. The van der Waals surface area contributed by atoms with Crippen molar-refractivity contribution in [3.8, 4) is 17.1 Å². The van der Waals surface area contributed by atoms with E-state index in [0.717, 1.165) is 4.47 Å². The number of halogens is 3. The lowest BCUT2D eigenvalue weighted by Gasteiger charge is -2.26. The fourth-order valence-electron chi connectivity index (χ4n) is 4.47. The number of allylic oxidation sites excluding steroid dienone is 1. The van der Waals surface area contributed by atoms with Crippen molar-refractivity contribution in [3.63, 3.8) is 0 Å². The summed E-state index contributed by atoms with van der Waals surface area (Å²) in [6.45, 7) is 5.28. The number of fused-ring (bicyclic) bond motifs is 1. The third-order valence-corrected chi connectivity index (χ3v) is 8.19. The van der Waals surface area contributed by atoms with Gasteiger partial charge in [0.2, 0.25) is 0 Å². The highest BCUT2D eigenvalue weighted by atomic mass is 79.9. The van der Waals surface area contributed by atoms with Crippen LogP contribution in [0.2, 0.25) is 10.0 Å². The van der Waals surface area contributed by atoms with Gasteiger partial charge in [-0.1, -0.05) is 50.5 Å². The van der Waals surface area contributed by atoms with Crippen molar-refractivity contribution in [1.82, 2.24) is 4.57 Å². The summed E-state index contributed by atoms with van der Waals surface area (Å²) in [7, 11) is 1.54. The topological polar surface area (TPSA) is 83.0 Å². The van der Waals surface area contributed by atoms with Gasteiger partial charge in [-0.05, 0) is 69.3 Å². The van der Waals surface area contributed by atoms with Gasteiger partial charge in [-0.3, -0.25) is 9.36 Å². The van der Waals surface area contributed by atoms with Crippen LogP contribution >= 0.6 is 50.5 Å². The number of hydrogen-bond acceptors (Lipinski definition) is 7. The number of carbonyl (C=O) groups excluding carboxylic acids is 1. The molecule has 2 aromatic carbocycles. The van der Waals surface area contributed by atoms with E-state index in [0.29, 0.717) is 53.5 Å². The lowest BCUT2D eigenvalue weighted by atomic mass is 9.95. The quantitative estimate of drug-likeness (QED) is 0.220. The molecule has 0 unspecified atom stereocenters. The molecule has 3 heterocycles. The SMILES string of the molecule is COc1ccc(Br)cc1[C@H]1C(C(=O)OC(C)C)=C(C)N=c2s/c(=C\c3ccc(-c4ccc(Cl)cc4Cl)o3)c(=O)n21. The third-order valence-electron chi connectivity index (χ3n) is 6.17. The fraction of sp³-hybridized carbons (Fsp3) is 0.207. The molecule has 0 N–H and O–H groups in total. The lowest BCUT2D eigenvalue weighted by Crippen LogP contribution is -2.40. The van der Waals surface area contributed by atoms with Gasteiger partial charge in [0.15, 0.2) is 4.80 Å². The van der Waals surface area contributed by atoms with Gasteiger partial charge in [0.05, 0.1) is 34.0 Å². The third kappa shape index (κ3) is 5.43. The van der Waals surface area contributed by atoms with Crippen molar-refractivity contribution in [2.24, 2.45) is 4.99 Å². The van der Waals surface area contributed by atoms with Crippen molar-refractivity contribution in [2.75, 3.05) is 7.11 Å². The molecule has 0 aliphatic carbocycles. The van der Waals surface area contributed by atoms with Crippen molar-refractivity contribution in [2.45, 2.75) is 32.9 Å². The molecule has 0 saturated heterocycles. The van der Waals surface area contributed by atoms with Crippen LogP contribution in [0.3, 0.4) is 0 Å². The van der Waals surface area contributed by atoms with Crippen LogP contribution in [-0.4, -0.2) is 23.8 Å². The van der Waals surface area contributed by atoms with Gasteiger partial charge in [-0.25, -0.2) is 9.79 Å². The number of rotatable bonds is 6. The van der Waals surface area contributed by atoms with Gasteiger partial charge in [0, 0.05) is 26.7 Å². The average Bonchev–Trinajstić information content (AvgIpc) is 3.47. The molecule has 0 spiro atoms. The molecular formula is C29H23BrCl2N2O5S. The highest BCUT2D eigenvalue weighted by molar-refractivity contribution is 9.10. The molecule has 0 fully saturated rings. The highest BCUT2D eigenvalue weighted by Crippen LogP contribution is 2.37. The second kappa shape index (κ2) is 11.4. The van der Waals surface area contributed by atoms with Gasteiger partial charge in [-0.2, -0.15) is 0 Å². The highest BCUT2D eigenvalue weighted by Gasteiger charge is 2.35. The number of esters is 1. The zero-order valence-electron chi connectivity index (χ0n) is 21.8. The maximum atomic E-state index is 13.9. The summed E-state index contributed by atoms with van der Waals surface area (Å²) in [6.07, 6.45) is 1.29. The molecule has 11 heteroatoms. The van der Waals surface area contributed by atoms with Gasteiger partial charge < -0.3 is 13.9 Å². The smallest absolute Gasteiger partial charge is 0.338 e. The van der Waals surface area contributed by atoms with E-state index in [-0.39, 0.29) is 17.2 Å². The van der Waals surface area contributed by atoms with Crippen LogP contribution in [-0.2, 0) is 9.53 Å². The van der Waals surface area contributed by atoms with E-state index >= 15 is 0 Å². The zero-order valence-corrected chi connectivity index (χ0v) is 25.7. The maximum absolute atomic E-state index is 13.9. The number of methoxy groups -OCH3 is 1. The molecule has 0 saturated carbocycles. The summed E-state index contributed by atoms with van der Waals surface area (Å²) in [6, 6.07) is 13.3. The Labute approximate surface area is 252 Å². The predicted molar refractivity (Wildman–Crippen MR) is 160 cm³/mol. The Bertz CT molecular complexity index is 1850. The fourth-order valence-corrected chi connectivity index (χ4v) is 6.37. The lowest BCUT2D eigenvalue weighted by molar-refractivity contribution is -0.143. The van der Waals surface area contributed by atoms with Gasteiger partial charge >= 0.3 is 5.97 Å². The molecule has 4 aromatic rings. The molecule has 0 radical (unpaired) electrons. The molecule has 2 aromatic heterocycles. The molecule has 1 aliphatic rings. The maximum Gasteiger partial charge on any atom is 0.338 e. The van der Waals surface area contributed by atoms with Gasteiger partial charge in [0.25, 0.3) is 5.56 Å². The van der Waals surface area contributed by atoms with Crippen LogP contribution in [0.4, 0.5) is 0 Å². The van der Waals surface area contributed by atoms with E-state index in [1.807, 2.05) is 12.1 Å². The molecule has 1 aliphatic heterocycles. The zero-order chi connectivity index (χ0) is 28.7. The van der Waals surface area contributed by atoms with Crippen molar-refractivity contribution in [3.05, 3.63) is 105 Å². The van der Waals surface area contributed by atoms with Crippen molar-refractivity contribution >= 4 is 62.5 Å². The summed E-state index contributed by atoms with van der Waals surface area (Å²) in [5.41, 5.74) is 1.69. The summed E-state index contributed by atoms with van der Waals surface area (Å²) < 4.78 is 19.9. The standard InChI is InChI=1S/C29H23BrCl2N2O5S/c1-14(2)38-28(36)25-15(3)33-29-34(26(25)20-11-16(30)5-9-22(20)37-4)27(35)24(40-29)13-18-7-10-23(39-18)19-8-6-17(31)12-21(19)32/h5-14,26H,1-4H3/b24-13-/t26-/m0/s1. The van der Waals surface area contributed by atoms with Crippen LogP contribution in [0.1, 0.15) is 38.1 Å². The molecule has 0 bridgehead atoms. The monoisotopic (exact) mass is 660 g/mol. The van der Waals surface area contributed by atoms with Crippen LogP contribution in [0, 0.1) is 0 Å². The van der Waals surface area contributed by atoms with E-state index in [4.69, 9.17) is 37.1 Å². The Morgan fingerprint density at radius 1 is 1.18 bits per heavy atom. The molecule has 5 rings (SSSR count). The Morgan fingerprint density at radius 3 is 2.65 bits per heavy atom. The number of nitrogens with zero attached hydrogens (tertiary/aromatic N) is 2. The average molecular weight is 662 g/mol. The van der Waals surface area contributed by atoms with E-state index in [2.05, 4.69) is 20.9 Å². The van der Waals surface area contributed by atoms with Crippen LogP contribution < -0.4 is 19.6 Å². The first kappa shape index (κ1) is 28.4. The first-order valence-corrected chi connectivity index (χ1v) is 14.6. The van der Waals surface area contributed by atoms with Crippen LogP contribution in [0.5, 0.6) is 5.75 Å². The van der Waals surface area contributed by atoms with Crippen molar-refractivity contribution in [1.29, 1.82) is 0 Å². The number of hydrogen-bond donors (Lipinski definition) is 0. The first-order chi connectivity index (χ1) is 19.1. The first-order valence-electron chi connectivity index (χ1n) is 12.2. The van der Waals surface area contributed by atoms with Crippen molar-refractivity contribution < 1.29 is 18.7 Å².